The summed E-state index contributed by atoms with van der Waals surface area (Å²) in [4.78, 5) is 24.5. The minimum absolute atomic E-state index is 0.0201. The van der Waals surface area contributed by atoms with Crippen LogP contribution in [0.4, 0.5) is 18.9 Å². The number of hydrogen-bond acceptors (Lipinski definition) is 5. The van der Waals surface area contributed by atoms with Gasteiger partial charge in [0.2, 0.25) is 0 Å². The van der Waals surface area contributed by atoms with Gasteiger partial charge in [0.25, 0.3) is 5.91 Å². The molecule has 3 aromatic rings. The number of alkyl halides is 3. The molecule has 0 spiro atoms. The standard InChI is InChI=1S/C26H20Cl2F3NO6/c1-13(17-10-15(4-6-19(17)27)38-16-5-7-20(28)18(11-16)24(34)35)25(36,26(29,30)31)14-3-8-22-21(9-14)32(2)23(33)12-37-22/h3-11,13,36H,12H2,1-2H3,(H,34,35). The average Bonchev–Trinajstić information content (AvgIpc) is 2.86. The SMILES string of the molecule is CC(c1cc(Oc2ccc(Cl)c(C(=O)O)c2)ccc1Cl)C(O)(c1ccc2c(c1)N(C)C(=O)CO2)C(F)(F)F. The van der Waals surface area contributed by atoms with Gasteiger partial charge in [-0.3, -0.25) is 4.79 Å². The summed E-state index contributed by atoms with van der Waals surface area (Å²) in [6.45, 7) is 0.904. The van der Waals surface area contributed by atoms with Gasteiger partial charge in [-0.2, -0.15) is 13.2 Å². The molecular formula is C26H20Cl2F3NO6. The first-order valence-electron chi connectivity index (χ1n) is 11.1. The number of carbonyl (C=O) groups is 2. The molecule has 2 atom stereocenters. The van der Waals surface area contributed by atoms with E-state index in [0.29, 0.717) is 0 Å². The molecule has 3 aromatic carbocycles. The predicted molar refractivity (Wildman–Crippen MR) is 134 cm³/mol. The van der Waals surface area contributed by atoms with Crippen molar-refractivity contribution >= 4 is 40.8 Å². The van der Waals surface area contributed by atoms with E-state index in [9.17, 15) is 33.0 Å². The zero-order valence-corrected chi connectivity index (χ0v) is 21.4. The lowest BCUT2D eigenvalue weighted by Gasteiger charge is -2.38. The van der Waals surface area contributed by atoms with Crippen LogP contribution in [-0.2, 0) is 10.4 Å². The Morgan fingerprint density at radius 3 is 2.32 bits per heavy atom. The number of anilines is 1. The molecule has 200 valence electrons. The maximum Gasteiger partial charge on any atom is 0.422 e. The number of carboxylic acids is 1. The molecule has 0 saturated heterocycles. The minimum atomic E-state index is -5.16. The number of benzene rings is 3. The second-order valence-electron chi connectivity index (χ2n) is 8.64. The quantitative estimate of drug-likeness (QED) is 0.357. The maximum atomic E-state index is 14.6. The van der Waals surface area contributed by atoms with Crippen molar-refractivity contribution in [2.45, 2.75) is 24.6 Å². The van der Waals surface area contributed by atoms with Crippen LogP contribution in [0.5, 0.6) is 17.2 Å². The molecule has 0 bridgehead atoms. The molecule has 4 rings (SSSR count). The Labute approximate surface area is 224 Å². The smallest absolute Gasteiger partial charge is 0.422 e. The van der Waals surface area contributed by atoms with Crippen LogP contribution >= 0.6 is 23.2 Å². The van der Waals surface area contributed by atoms with Crippen molar-refractivity contribution < 1.29 is 42.4 Å². The summed E-state index contributed by atoms with van der Waals surface area (Å²) in [5.74, 6) is -3.08. The van der Waals surface area contributed by atoms with Crippen molar-refractivity contribution in [3.05, 3.63) is 81.3 Å². The molecule has 1 amide bonds. The van der Waals surface area contributed by atoms with Crippen LogP contribution in [0.15, 0.2) is 54.6 Å². The van der Waals surface area contributed by atoms with Crippen molar-refractivity contribution in [3.8, 4) is 17.2 Å². The summed E-state index contributed by atoms with van der Waals surface area (Å²) in [6.07, 6.45) is -5.16. The zero-order valence-electron chi connectivity index (χ0n) is 19.8. The Hall–Kier alpha value is -3.47. The summed E-state index contributed by atoms with van der Waals surface area (Å²) in [6, 6.07) is 11.2. The van der Waals surface area contributed by atoms with Gasteiger partial charge in [0, 0.05) is 18.0 Å². The van der Waals surface area contributed by atoms with Crippen LogP contribution in [0.1, 0.15) is 34.3 Å². The highest BCUT2D eigenvalue weighted by Gasteiger charge is 2.59. The summed E-state index contributed by atoms with van der Waals surface area (Å²) in [5.41, 5.74) is -4.18. The Morgan fingerprint density at radius 1 is 1.05 bits per heavy atom. The van der Waals surface area contributed by atoms with Gasteiger partial charge < -0.3 is 24.6 Å². The lowest BCUT2D eigenvalue weighted by atomic mass is 9.77. The first-order valence-corrected chi connectivity index (χ1v) is 11.8. The highest BCUT2D eigenvalue weighted by Crippen LogP contribution is 2.51. The van der Waals surface area contributed by atoms with E-state index < -0.39 is 35.1 Å². The molecule has 0 radical (unpaired) electrons. The van der Waals surface area contributed by atoms with E-state index >= 15 is 0 Å². The summed E-state index contributed by atoms with van der Waals surface area (Å²) >= 11 is 12.2. The van der Waals surface area contributed by atoms with Gasteiger partial charge in [0.05, 0.1) is 16.3 Å². The average molecular weight is 570 g/mol. The highest BCUT2D eigenvalue weighted by molar-refractivity contribution is 6.33. The van der Waals surface area contributed by atoms with Gasteiger partial charge in [0.1, 0.15) is 17.2 Å². The topological polar surface area (TPSA) is 96.3 Å². The number of halogens is 5. The van der Waals surface area contributed by atoms with Crippen LogP contribution in [0.2, 0.25) is 10.0 Å². The van der Waals surface area contributed by atoms with Gasteiger partial charge in [-0.05, 0) is 59.7 Å². The zero-order chi connectivity index (χ0) is 28.0. The third-order valence-electron chi connectivity index (χ3n) is 6.38. The second-order valence-corrected chi connectivity index (χ2v) is 9.46. The molecule has 38 heavy (non-hydrogen) atoms. The molecule has 2 N–H and O–H groups in total. The fraction of sp³-hybridized carbons (Fsp3) is 0.231. The van der Waals surface area contributed by atoms with Gasteiger partial charge in [-0.25, -0.2) is 4.79 Å². The lowest BCUT2D eigenvalue weighted by Crippen LogP contribution is -2.47. The van der Waals surface area contributed by atoms with Crippen LogP contribution in [0.25, 0.3) is 0 Å². The monoisotopic (exact) mass is 569 g/mol. The largest absolute Gasteiger partial charge is 0.482 e. The van der Waals surface area contributed by atoms with Crippen LogP contribution in [0.3, 0.4) is 0 Å². The number of likely N-dealkylation sites (N-methyl/N-ethyl adjacent to an activating group) is 1. The second kappa shape index (κ2) is 10.0. The van der Waals surface area contributed by atoms with Crippen molar-refractivity contribution in [2.75, 3.05) is 18.6 Å². The third kappa shape index (κ3) is 4.87. The Balaban J connectivity index is 1.76. The fourth-order valence-electron chi connectivity index (χ4n) is 4.18. The number of aliphatic hydroxyl groups is 1. The summed E-state index contributed by atoms with van der Waals surface area (Å²) in [5, 5.41) is 20.5. The number of rotatable bonds is 6. The molecule has 1 aliphatic heterocycles. The fourth-order valence-corrected chi connectivity index (χ4v) is 4.66. The Morgan fingerprint density at radius 2 is 1.68 bits per heavy atom. The van der Waals surface area contributed by atoms with E-state index in [0.717, 1.165) is 24.0 Å². The van der Waals surface area contributed by atoms with Crippen LogP contribution in [0, 0.1) is 0 Å². The van der Waals surface area contributed by atoms with E-state index in [4.69, 9.17) is 32.7 Å². The lowest BCUT2D eigenvalue weighted by molar-refractivity contribution is -0.274. The van der Waals surface area contributed by atoms with E-state index in [1.54, 1.807) is 0 Å². The molecule has 0 aliphatic carbocycles. The van der Waals surface area contributed by atoms with Gasteiger partial charge in [-0.15, -0.1) is 0 Å². The molecule has 7 nitrogen and oxygen atoms in total. The molecule has 1 heterocycles. The number of carbonyl (C=O) groups excluding carboxylic acids is 1. The number of carboxylic acid groups (broad SMARTS) is 1. The van der Waals surface area contributed by atoms with Gasteiger partial charge in [-0.1, -0.05) is 36.2 Å². The molecular weight excluding hydrogens is 550 g/mol. The molecule has 1 aliphatic rings. The molecule has 12 heteroatoms. The number of amides is 1. The molecule has 0 saturated carbocycles. The number of nitrogens with zero attached hydrogens (tertiary/aromatic N) is 1. The highest BCUT2D eigenvalue weighted by atomic mass is 35.5. The molecule has 0 aromatic heterocycles. The van der Waals surface area contributed by atoms with Crippen molar-refractivity contribution in [2.24, 2.45) is 0 Å². The first kappa shape index (κ1) is 27.6. The van der Waals surface area contributed by atoms with Crippen molar-refractivity contribution in [3.63, 3.8) is 0 Å². The maximum absolute atomic E-state index is 14.6. The normalized spacial score (nSPS) is 15.8. The Kier molecular flexibility index (Phi) is 7.26. The molecule has 2 unspecified atom stereocenters. The van der Waals surface area contributed by atoms with E-state index in [1.807, 2.05) is 0 Å². The summed E-state index contributed by atoms with van der Waals surface area (Å²) < 4.78 is 54.7. The Bertz CT molecular complexity index is 1430. The third-order valence-corrected chi connectivity index (χ3v) is 7.06. The van der Waals surface area contributed by atoms with Crippen LogP contribution in [-0.4, -0.2) is 41.9 Å². The predicted octanol–water partition coefficient (Wildman–Crippen LogP) is 6.39. The molecule has 0 fully saturated rings. The van der Waals surface area contributed by atoms with Gasteiger partial charge >= 0.3 is 12.1 Å². The number of aromatic carboxylic acids is 1. The first-order chi connectivity index (χ1) is 17.7. The minimum Gasteiger partial charge on any atom is -0.482 e. The van der Waals surface area contributed by atoms with Gasteiger partial charge in [0.15, 0.2) is 12.2 Å². The van der Waals surface area contributed by atoms with E-state index in [-0.39, 0.29) is 50.7 Å². The van der Waals surface area contributed by atoms with Crippen LogP contribution < -0.4 is 14.4 Å². The van der Waals surface area contributed by atoms with Crippen molar-refractivity contribution in [1.82, 2.24) is 0 Å². The van der Waals surface area contributed by atoms with E-state index in [1.165, 1.54) is 49.5 Å². The number of ether oxygens (including phenoxy) is 2. The summed E-state index contributed by atoms with van der Waals surface area (Å²) in [7, 11) is 1.40. The van der Waals surface area contributed by atoms with E-state index in [2.05, 4.69) is 0 Å². The van der Waals surface area contributed by atoms with Crippen molar-refractivity contribution in [1.29, 1.82) is 0 Å². The number of hydrogen-bond donors (Lipinski definition) is 2. The number of fused-ring (bicyclic) bond motifs is 1.